The molecule has 5 heterocycles. The van der Waals surface area contributed by atoms with E-state index in [4.69, 9.17) is 24.2 Å². The van der Waals surface area contributed by atoms with E-state index in [2.05, 4.69) is 39.2 Å². The van der Waals surface area contributed by atoms with Crippen LogP contribution in [0.25, 0.3) is 0 Å². The molecule has 1 aromatic heterocycles. The fourth-order valence-corrected chi connectivity index (χ4v) is 6.20. The van der Waals surface area contributed by atoms with E-state index >= 15 is 0 Å². The number of likely N-dealkylation sites (tertiary alicyclic amines) is 2. The largest absolute Gasteiger partial charge is 0.467 e. The van der Waals surface area contributed by atoms with Gasteiger partial charge in [-0.2, -0.15) is 9.94 Å². The maximum Gasteiger partial charge on any atom is 0.346 e. The van der Waals surface area contributed by atoms with Gasteiger partial charge in [-0.1, -0.05) is 12.1 Å². The molecule has 1 spiro atoms. The van der Waals surface area contributed by atoms with E-state index in [1.54, 1.807) is 4.90 Å². The average molecular weight is 529 g/mol. The molecule has 200 valence electrons. The van der Waals surface area contributed by atoms with Crippen LogP contribution >= 0.6 is 0 Å². The number of ether oxygens (including phenoxy) is 4. The number of carbonyl (C=O) groups is 1. The third kappa shape index (κ3) is 4.40. The minimum Gasteiger partial charge on any atom is -0.467 e. The zero-order valence-corrected chi connectivity index (χ0v) is 21.4. The zero-order valence-electron chi connectivity index (χ0n) is 21.4. The SMILES string of the molecule is N#Cc1ncn(C(=O)N2CC3(CCN(C(c4ccc5c(c4)COCO5)c4ccc5c(c4)COCO5)CC3)C2)n1. The van der Waals surface area contributed by atoms with E-state index in [1.807, 2.05) is 18.2 Å². The molecule has 0 atom stereocenters. The Morgan fingerprint density at radius 2 is 1.56 bits per heavy atom. The van der Waals surface area contributed by atoms with Crippen LogP contribution in [0.3, 0.4) is 0 Å². The molecule has 4 aliphatic rings. The number of nitriles is 1. The summed E-state index contributed by atoms with van der Waals surface area (Å²) in [5, 5.41) is 12.9. The van der Waals surface area contributed by atoms with E-state index < -0.39 is 0 Å². The summed E-state index contributed by atoms with van der Waals surface area (Å²) in [5.74, 6) is 1.75. The predicted octanol–water partition coefficient (Wildman–Crippen LogP) is 3.04. The smallest absolute Gasteiger partial charge is 0.346 e. The van der Waals surface area contributed by atoms with Crippen molar-refractivity contribution >= 4 is 6.03 Å². The Kier molecular flexibility index (Phi) is 5.96. The Hall–Kier alpha value is -3.98. The molecule has 0 N–H and O–H groups in total. The van der Waals surface area contributed by atoms with Crippen LogP contribution < -0.4 is 9.47 Å². The molecular weight excluding hydrogens is 500 g/mol. The highest BCUT2D eigenvalue weighted by Gasteiger charge is 2.48. The van der Waals surface area contributed by atoms with Gasteiger partial charge in [0.2, 0.25) is 0 Å². The van der Waals surface area contributed by atoms with Gasteiger partial charge in [0.25, 0.3) is 5.82 Å². The van der Waals surface area contributed by atoms with Gasteiger partial charge in [-0.3, -0.25) is 4.90 Å². The summed E-state index contributed by atoms with van der Waals surface area (Å²) in [6.07, 6.45) is 3.28. The van der Waals surface area contributed by atoms with Crippen LogP contribution in [-0.4, -0.2) is 70.4 Å². The lowest BCUT2D eigenvalue weighted by Gasteiger charge is -2.54. The minimum absolute atomic E-state index is 0.00135. The lowest BCUT2D eigenvalue weighted by atomic mass is 9.71. The molecule has 2 aromatic carbocycles. The fourth-order valence-electron chi connectivity index (χ4n) is 6.20. The van der Waals surface area contributed by atoms with Crippen molar-refractivity contribution in [3.63, 3.8) is 0 Å². The van der Waals surface area contributed by atoms with Crippen molar-refractivity contribution in [2.24, 2.45) is 5.41 Å². The van der Waals surface area contributed by atoms with Gasteiger partial charge in [-0.05, 0) is 61.3 Å². The lowest BCUT2D eigenvalue weighted by molar-refractivity contribution is -0.0284. The van der Waals surface area contributed by atoms with Crippen molar-refractivity contribution in [1.82, 2.24) is 24.6 Å². The van der Waals surface area contributed by atoms with Crippen LogP contribution in [0, 0.1) is 16.7 Å². The fraction of sp³-hybridized carbons (Fsp3) is 0.429. The molecule has 0 bridgehead atoms. The highest BCUT2D eigenvalue weighted by Crippen LogP contribution is 2.44. The van der Waals surface area contributed by atoms with Gasteiger partial charge >= 0.3 is 6.03 Å². The third-order valence-corrected chi connectivity index (χ3v) is 8.25. The van der Waals surface area contributed by atoms with E-state index in [0.717, 1.165) is 53.2 Å². The van der Waals surface area contributed by atoms with E-state index in [1.165, 1.54) is 17.5 Å². The molecule has 11 heteroatoms. The molecule has 2 fully saturated rings. The number of fused-ring (bicyclic) bond motifs is 2. The van der Waals surface area contributed by atoms with E-state index in [9.17, 15) is 4.79 Å². The Labute approximate surface area is 225 Å². The van der Waals surface area contributed by atoms with Gasteiger partial charge in [0, 0.05) is 29.6 Å². The molecule has 0 unspecified atom stereocenters. The highest BCUT2D eigenvalue weighted by atomic mass is 16.7. The molecule has 11 nitrogen and oxygen atoms in total. The summed E-state index contributed by atoms with van der Waals surface area (Å²) in [5.41, 5.74) is 4.61. The van der Waals surface area contributed by atoms with Gasteiger partial charge in [0.15, 0.2) is 13.6 Å². The number of aromatic nitrogens is 3. The molecule has 4 aliphatic heterocycles. The molecular formula is C28H28N6O5. The maximum absolute atomic E-state index is 12.8. The molecule has 0 aliphatic carbocycles. The number of piperidine rings is 1. The molecule has 0 saturated carbocycles. The first-order valence-corrected chi connectivity index (χ1v) is 13.1. The highest BCUT2D eigenvalue weighted by molar-refractivity contribution is 5.76. The first-order chi connectivity index (χ1) is 19.1. The number of nitrogens with zero attached hydrogens (tertiary/aromatic N) is 6. The van der Waals surface area contributed by atoms with Gasteiger partial charge < -0.3 is 23.8 Å². The molecule has 0 radical (unpaired) electrons. The second-order valence-corrected chi connectivity index (χ2v) is 10.7. The molecule has 1 amide bonds. The summed E-state index contributed by atoms with van der Waals surface area (Å²) in [6.45, 7) is 4.83. The number of carbonyl (C=O) groups excluding carboxylic acids is 1. The Balaban J connectivity index is 1.11. The normalized spacial score (nSPS) is 19.8. The van der Waals surface area contributed by atoms with Crippen molar-refractivity contribution in [3.05, 3.63) is 70.8 Å². The second-order valence-electron chi connectivity index (χ2n) is 10.7. The van der Waals surface area contributed by atoms with Gasteiger partial charge in [0.1, 0.15) is 23.9 Å². The monoisotopic (exact) mass is 528 g/mol. The standard InChI is InChI=1S/C28H28N6O5/c29-11-25-30-16-34(31-25)27(35)33-14-28(15-33)5-7-32(8-6-28)26(19-1-3-23-21(9-19)12-36-17-38-23)20-2-4-24-22(10-20)13-37-18-39-24/h1-4,9-10,16,26H,5-8,12-15,17-18H2. The van der Waals surface area contributed by atoms with Crippen molar-refractivity contribution < 1.29 is 23.7 Å². The summed E-state index contributed by atoms with van der Waals surface area (Å²) < 4.78 is 23.6. The van der Waals surface area contributed by atoms with Gasteiger partial charge in [-0.25, -0.2) is 9.78 Å². The van der Waals surface area contributed by atoms with Crippen LogP contribution in [0.5, 0.6) is 11.5 Å². The number of benzene rings is 2. The van der Waals surface area contributed by atoms with Crippen molar-refractivity contribution in [2.45, 2.75) is 32.1 Å². The van der Waals surface area contributed by atoms with Crippen molar-refractivity contribution in [1.29, 1.82) is 5.26 Å². The van der Waals surface area contributed by atoms with Crippen LogP contribution in [0.15, 0.2) is 42.7 Å². The average Bonchev–Trinajstić information content (AvgIpc) is 3.46. The van der Waals surface area contributed by atoms with Crippen LogP contribution in [-0.2, 0) is 22.7 Å². The molecule has 3 aromatic rings. The molecule has 7 rings (SSSR count). The van der Waals surface area contributed by atoms with Gasteiger partial charge in [-0.15, -0.1) is 5.10 Å². The van der Waals surface area contributed by atoms with Crippen LogP contribution in [0.4, 0.5) is 4.79 Å². The minimum atomic E-state index is -0.230. The number of amides is 1. The first-order valence-electron chi connectivity index (χ1n) is 13.1. The van der Waals surface area contributed by atoms with Crippen molar-refractivity contribution in [2.75, 3.05) is 39.8 Å². The Morgan fingerprint density at radius 3 is 2.13 bits per heavy atom. The van der Waals surface area contributed by atoms with Gasteiger partial charge in [0.05, 0.1) is 19.3 Å². The second kappa shape index (κ2) is 9.64. The molecule has 39 heavy (non-hydrogen) atoms. The van der Waals surface area contributed by atoms with Crippen LogP contribution in [0.1, 0.15) is 47.0 Å². The Morgan fingerprint density at radius 1 is 0.949 bits per heavy atom. The quantitative estimate of drug-likeness (QED) is 0.506. The summed E-state index contributed by atoms with van der Waals surface area (Å²) in [7, 11) is 0. The summed E-state index contributed by atoms with van der Waals surface area (Å²) in [4.78, 5) is 21.0. The van der Waals surface area contributed by atoms with Crippen molar-refractivity contribution in [3.8, 4) is 17.6 Å². The maximum atomic E-state index is 12.8. The van der Waals surface area contributed by atoms with Crippen LogP contribution in [0.2, 0.25) is 0 Å². The molecule has 2 saturated heterocycles. The number of hydrogen-bond acceptors (Lipinski definition) is 9. The Bertz CT molecular complexity index is 1390. The number of rotatable bonds is 3. The third-order valence-electron chi connectivity index (χ3n) is 8.25. The van der Waals surface area contributed by atoms with E-state index in [-0.39, 0.29) is 36.9 Å². The first kappa shape index (κ1) is 24.1. The summed E-state index contributed by atoms with van der Waals surface area (Å²) >= 11 is 0. The topological polar surface area (TPSA) is 115 Å². The lowest BCUT2D eigenvalue weighted by Crippen LogP contribution is -2.62. The van der Waals surface area contributed by atoms with E-state index in [0.29, 0.717) is 26.3 Å². The number of hydrogen-bond donors (Lipinski definition) is 0. The summed E-state index contributed by atoms with van der Waals surface area (Å²) in [6, 6.07) is 14.5. The zero-order chi connectivity index (χ0) is 26.4. The predicted molar refractivity (Wildman–Crippen MR) is 136 cm³/mol.